The maximum Gasteiger partial charge on any atom is 0.0429 e. The molecule has 0 amide bonds. The fourth-order valence-electron chi connectivity index (χ4n) is 2.52. The Hall–Kier alpha value is -1.76. The number of hydrogen-bond donors (Lipinski definition) is 0. The Labute approximate surface area is 103 Å². The maximum atomic E-state index is 2.48. The van der Waals surface area contributed by atoms with Gasteiger partial charge in [0, 0.05) is 18.8 Å². The third-order valence-corrected chi connectivity index (χ3v) is 3.45. The lowest BCUT2D eigenvalue weighted by Crippen LogP contribution is -2.19. The van der Waals surface area contributed by atoms with Gasteiger partial charge in [-0.05, 0) is 36.1 Å². The molecule has 1 heterocycles. The molecule has 0 saturated heterocycles. The molecule has 0 fully saturated rings. The van der Waals surface area contributed by atoms with E-state index in [9.17, 15) is 0 Å². The average Bonchev–Trinajstić information content (AvgIpc) is 2.73. The molecule has 0 N–H and O–H groups in total. The largest absolute Gasteiger partial charge is 0.367 e. The van der Waals surface area contributed by atoms with Crippen LogP contribution < -0.4 is 4.90 Å². The second-order valence-electron chi connectivity index (χ2n) is 4.79. The van der Waals surface area contributed by atoms with Crippen LogP contribution in [0.5, 0.6) is 0 Å². The minimum atomic E-state index is 1.03. The zero-order valence-electron chi connectivity index (χ0n) is 10.2. The van der Waals surface area contributed by atoms with Gasteiger partial charge in [0.05, 0.1) is 0 Å². The molecule has 0 aliphatic carbocycles. The maximum absolute atomic E-state index is 2.48. The third-order valence-electron chi connectivity index (χ3n) is 3.45. The number of benzene rings is 2. The predicted octanol–water partition coefficient (Wildman–Crippen LogP) is 3.56. The lowest BCUT2D eigenvalue weighted by molar-refractivity contribution is 0.836. The summed E-state index contributed by atoms with van der Waals surface area (Å²) in [6.07, 6.45) is 1.18. The Bertz CT molecular complexity index is 516. The summed E-state index contributed by atoms with van der Waals surface area (Å²) in [6.45, 7) is 4.34. The molecule has 17 heavy (non-hydrogen) atoms. The van der Waals surface area contributed by atoms with Crippen LogP contribution in [0.1, 0.15) is 16.7 Å². The van der Waals surface area contributed by atoms with Crippen molar-refractivity contribution in [3.05, 3.63) is 65.2 Å². The first-order valence-corrected chi connectivity index (χ1v) is 6.21. The number of hydrogen-bond acceptors (Lipinski definition) is 1. The lowest BCUT2D eigenvalue weighted by Gasteiger charge is -2.19. The van der Waals surface area contributed by atoms with E-state index in [1.54, 1.807) is 0 Å². The van der Waals surface area contributed by atoms with E-state index in [4.69, 9.17) is 0 Å². The molecule has 0 bridgehead atoms. The fourth-order valence-corrected chi connectivity index (χ4v) is 2.52. The highest BCUT2D eigenvalue weighted by atomic mass is 15.1. The molecule has 2 aromatic carbocycles. The van der Waals surface area contributed by atoms with Gasteiger partial charge in [0.15, 0.2) is 0 Å². The molecule has 0 radical (unpaired) electrons. The van der Waals surface area contributed by atoms with Gasteiger partial charge in [0.1, 0.15) is 0 Å². The average molecular weight is 223 g/mol. The van der Waals surface area contributed by atoms with Crippen molar-refractivity contribution in [2.75, 3.05) is 11.4 Å². The van der Waals surface area contributed by atoms with Gasteiger partial charge in [-0.1, -0.05) is 42.5 Å². The standard InChI is InChI=1S/C16H17N/c1-13-7-8-15-9-10-17(16(15)11-13)12-14-5-3-2-4-6-14/h2-8,11H,9-10,12H2,1H3. The van der Waals surface area contributed by atoms with Crippen LogP contribution in [-0.4, -0.2) is 6.54 Å². The summed E-state index contributed by atoms with van der Waals surface area (Å²) in [4.78, 5) is 2.48. The van der Waals surface area contributed by atoms with Crippen LogP contribution in [-0.2, 0) is 13.0 Å². The minimum Gasteiger partial charge on any atom is -0.367 e. The van der Waals surface area contributed by atoms with E-state index >= 15 is 0 Å². The Balaban J connectivity index is 1.86. The van der Waals surface area contributed by atoms with E-state index in [-0.39, 0.29) is 0 Å². The molecule has 0 unspecified atom stereocenters. The molecule has 2 aromatic rings. The van der Waals surface area contributed by atoms with Crippen molar-refractivity contribution >= 4 is 5.69 Å². The van der Waals surface area contributed by atoms with Gasteiger partial charge in [0.25, 0.3) is 0 Å². The molecule has 0 spiro atoms. The quantitative estimate of drug-likeness (QED) is 0.752. The van der Waals surface area contributed by atoms with Gasteiger partial charge < -0.3 is 4.90 Å². The Kier molecular flexibility index (Phi) is 2.60. The van der Waals surface area contributed by atoms with Crippen LogP contribution in [0.25, 0.3) is 0 Å². The molecule has 0 saturated carbocycles. The SMILES string of the molecule is Cc1ccc2c(c1)N(Cc1ccccc1)CC2. The van der Waals surface area contributed by atoms with Gasteiger partial charge in [-0.25, -0.2) is 0 Å². The molecular weight excluding hydrogens is 206 g/mol. The van der Waals surface area contributed by atoms with Gasteiger partial charge in [-0.3, -0.25) is 0 Å². The zero-order valence-corrected chi connectivity index (χ0v) is 10.2. The summed E-state index contributed by atoms with van der Waals surface area (Å²) in [6, 6.07) is 17.5. The van der Waals surface area contributed by atoms with E-state index < -0.39 is 0 Å². The van der Waals surface area contributed by atoms with Gasteiger partial charge in [-0.2, -0.15) is 0 Å². The highest BCUT2D eigenvalue weighted by molar-refractivity contribution is 5.59. The summed E-state index contributed by atoms with van der Waals surface area (Å²) in [5.74, 6) is 0. The molecule has 86 valence electrons. The molecule has 0 aromatic heterocycles. The monoisotopic (exact) mass is 223 g/mol. The molecule has 1 aliphatic rings. The highest BCUT2D eigenvalue weighted by Gasteiger charge is 2.18. The van der Waals surface area contributed by atoms with Crippen LogP contribution in [0, 0.1) is 6.92 Å². The molecule has 0 atom stereocenters. The fraction of sp³-hybridized carbons (Fsp3) is 0.250. The zero-order chi connectivity index (χ0) is 11.7. The third kappa shape index (κ3) is 2.05. The first-order valence-electron chi connectivity index (χ1n) is 6.21. The van der Waals surface area contributed by atoms with E-state index in [1.165, 1.54) is 28.8 Å². The van der Waals surface area contributed by atoms with Crippen molar-refractivity contribution in [1.82, 2.24) is 0 Å². The van der Waals surface area contributed by atoms with Gasteiger partial charge in [0.2, 0.25) is 0 Å². The second kappa shape index (κ2) is 4.25. The summed E-state index contributed by atoms with van der Waals surface area (Å²) in [7, 11) is 0. The smallest absolute Gasteiger partial charge is 0.0429 e. The van der Waals surface area contributed by atoms with E-state index in [0.717, 1.165) is 13.1 Å². The van der Waals surface area contributed by atoms with Crippen LogP contribution >= 0.6 is 0 Å². The number of aryl methyl sites for hydroxylation is 1. The van der Waals surface area contributed by atoms with Crippen LogP contribution in [0.15, 0.2) is 48.5 Å². The molecule has 1 nitrogen and oxygen atoms in total. The second-order valence-corrected chi connectivity index (χ2v) is 4.79. The van der Waals surface area contributed by atoms with Gasteiger partial charge in [-0.15, -0.1) is 0 Å². The predicted molar refractivity (Wildman–Crippen MR) is 72.4 cm³/mol. The van der Waals surface area contributed by atoms with Crippen molar-refractivity contribution in [3.8, 4) is 0 Å². The molecule has 1 aliphatic heterocycles. The van der Waals surface area contributed by atoms with Crippen molar-refractivity contribution in [2.24, 2.45) is 0 Å². The van der Waals surface area contributed by atoms with Crippen molar-refractivity contribution < 1.29 is 0 Å². The minimum absolute atomic E-state index is 1.03. The normalized spacial score (nSPS) is 13.8. The van der Waals surface area contributed by atoms with E-state index in [1.807, 2.05) is 0 Å². The number of anilines is 1. The number of rotatable bonds is 2. The topological polar surface area (TPSA) is 3.24 Å². The summed E-state index contributed by atoms with van der Waals surface area (Å²) >= 11 is 0. The van der Waals surface area contributed by atoms with E-state index in [2.05, 4.69) is 60.4 Å². The number of fused-ring (bicyclic) bond motifs is 1. The summed E-state index contributed by atoms with van der Waals surface area (Å²) in [5.41, 5.74) is 5.66. The van der Waals surface area contributed by atoms with Crippen LogP contribution in [0.4, 0.5) is 5.69 Å². The van der Waals surface area contributed by atoms with E-state index in [0.29, 0.717) is 0 Å². The first-order chi connectivity index (χ1) is 8.33. The summed E-state index contributed by atoms with van der Waals surface area (Å²) in [5, 5.41) is 0. The molecule has 3 rings (SSSR count). The highest BCUT2D eigenvalue weighted by Crippen LogP contribution is 2.30. The van der Waals surface area contributed by atoms with Gasteiger partial charge >= 0.3 is 0 Å². The van der Waals surface area contributed by atoms with Crippen LogP contribution in [0.3, 0.4) is 0 Å². The first kappa shape index (κ1) is 10.4. The Morgan fingerprint density at radius 3 is 2.71 bits per heavy atom. The molecular formula is C16H17N. The number of nitrogens with zero attached hydrogens (tertiary/aromatic N) is 1. The van der Waals surface area contributed by atoms with Crippen molar-refractivity contribution in [1.29, 1.82) is 0 Å². The molecule has 1 heteroatoms. The summed E-state index contributed by atoms with van der Waals surface area (Å²) < 4.78 is 0. The van der Waals surface area contributed by atoms with Crippen LogP contribution in [0.2, 0.25) is 0 Å². The lowest BCUT2D eigenvalue weighted by atomic mass is 10.1. The van der Waals surface area contributed by atoms with Crippen molar-refractivity contribution in [2.45, 2.75) is 19.9 Å². The van der Waals surface area contributed by atoms with Crippen molar-refractivity contribution in [3.63, 3.8) is 0 Å². The Morgan fingerprint density at radius 2 is 1.88 bits per heavy atom. The Morgan fingerprint density at radius 1 is 1.06 bits per heavy atom.